The summed E-state index contributed by atoms with van der Waals surface area (Å²) in [7, 11) is 0. The van der Waals surface area contributed by atoms with Crippen LogP contribution in [0.3, 0.4) is 0 Å². The van der Waals surface area contributed by atoms with Crippen molar-refractivity contribution in [3.63, 3.8) is 0 Å². The van der Waals surface area contributed by atoms with Gasteiger partial charge in [-0.05, 0) is 135 Å². The lowest BCUT2D eigenvalue weighted by atomic mass is 10.1. The summed E-state index contributed by atoms with van der Waals surface area (Å²) >= 11 is 0. The lowest BCUT2D eigenvalue weighted by Crippen LogP contribution is -2.30. The van der Waals surface area contributed by atoms with Crippen LogP contribution in [0.15, 0.2) is 122 Å². The molecule has 0 spiro atoms. The van der Waals surface area contributed by atoms with Crippen LogP contribution in [-0.2, 0) is 28.6 Å². The molecule has 0 amide bonds. The molecule has 6 heteroatoms. The van der Waals surface area contributed by atoms with Crippen LogP contribution in [0, 0.1) is 0 Å². The fourth-order valence-corrected chi connectivity index (χ4v) is 8.62. The zero-order valence-electron chi connectivity index (χ0n) is 50.2. The fourth-order valence-electron chi connectivity index (χ4n) is 8.62. The van der Waals surface area contributed by atoms with E-state index in [-0.39, 0.29) is 37.5 Å². The maximum Gasteiger partial charge on any atom is 0.306 e. The average molecular weight is 1070 g/mol. The summed E-state index contributed by atoms with van der Waals surface area (Å²) in [6.07, 6.45) is 89.1. The second kappa shape index (κ2) is 64.3. The van der Waals surface area contributed by atoms with Gasteiger partial charge < -0.3 is 14.2 Å². The second-order valence-corrected chi connectivity index (χ2v) is 20.9. The van der Waals surface area contributed by atoms with Gasteiger partial charge >= 0.3 is 17.9 Å². The van der Waals surface area contributed by atoms with Gasteiger partial charge in [-0.25, -0.2) is 0 Å². The molecule has 0 saturated heterocycles. The van der Waals surface area contributed by atoms with Gasteiger partial charge in [0.2, 0.25) is 0 Å². The van der Waals surface area contributed by atoms with Gasteiger partial charge in [0.1, 0.15) is 13.2 Å². The zero-order valence-corrected chi connectivity index (χ0v) is 50.2. The molecule has 0 fully saturated rings. The SMILES string of the molecule is CC/C=C\C/C=C\C/C=C\C/C=C\C/C=C\CCCCCC(=O)OC(COC(=O)CCCCCCCCC/C=C\C/C=C\CCCCC)COC(=O)CCCCCCCCCC/C=C\C/C=C\C/C=C\CCCCCCC. The van der Waals surface area contributed by atoms with E-state index in [1.165, 1.54) is 122 Å². The van der Waals surface area contributed by atoms with Crippen molar-refractivity contribution in [2.45, 2.75) is 297 Å². The van der Waals surface area contributed by atoms with Gasteiger partial charge in [0, 0.05) is 19.3 Å². The summed E-state index contributed by atoms with van der Waals surface area (Å²) in [5, 5.41) is 0. The van der Waals surface area contributed by atoms with Crippen molar-refractivity contribution in [3.05, 3.63) is 122 Å². The molecule has 0 N–H and O–H groups in total. The zero-order chi connectivity index (χ0) is 55.7. The Labute approximate surface area is 475 Å². The normalized spacial score (nSPS) is 12.9. The lowest BCUT2D eigenvalue weighted by molar-refractivity contribution is -0.167. The molecule has 77 heavy (non-hydrogen) atoms. The first-order chi connectivity index (χ1) is 38.0. The molecule has 0 aromatic heterocycles. The molecule has 1 unspecified atom stereocenters. The number of carbonyl (C=O) groups is 3. The van der Waals surface area contributed by atoms with Gasteiger partial charge in [-0.2, -0.15) is 0 Å². The van der Waals surface area contributed by atoms with Crippen LogP contribution in [0.1, 0.15) is 290 Å². The summed E-state index contributed by atoms with van der Waals surface area (Å²) in [5.74, 6) is -0.943. The van der Waals surface area contributed by atoms with E-state index in [0.29, 0.717) is 12.8 Å². The summed E-state index contributed by atoms with van der Waals surface area (Å²) in [6.45, 7) is 6.46. The topological polar surface area (TPSA) is 78.9 Å². The van der Waals surface area contributed by atoms with Crippen LogP contribution in [0.5, 0.6) is 0 Å². The number of hydrogen-bond acceptors (Lipinski definition) is 6. The number of ether oxygens (including phenoxy) is 3. The highest BCUT2D eigenvalue weighted by molar-refractivity contribution is 5.71. The van der Waals surface area contributed by atoms with Crippen molar-refractivity contribution in [2.75, 3.05) is 13.2 Å². The van der Waals surface area contributed by atoms with E-state index in [2.05, 4.69) is 142 Å². The van der Waals surface area contributed by atoms with Gasteiger partial charge in [-0.1, -0.05) is 258 Å². The van der Waals surface area contributed by atoms with Crippen molar-refractivity contribution in [3.8, 4) is 0 Å². The highest BCUT2D eigenvalue weighted by Gasteiger charge is 2.19. The first-order valence-electron chi connectivity index (χ1n) is 32.0. The van der Waals surface area contributed by atoms with Crippen molar-refractivity contribution in [1.82, 2.24) is 0 Å². The molecule has 0 aromatic rings. The summed E-state index contributed by atoms with van der Waals surface area (Å²) in [6, 6.07) is 0. The van der Waals surface area contributed by atoms with E-state index in [1.54, 1.807) is 0 Å². The van der Waals surface area contributed by atoms with E-state index in [0.717, 1.165) is 128 Å². The fraction of sp³-hybridized carbons (Fsp3) is 0.676. The Morgan fingerprint density at radius 3 is 0.831 bits per heavy atom. The maximum atomic E-state index is 12.9. The van der Waals surface area contributed by atoms with Crippen molar-refractivity contribution >= 4 is 17.9 Å². The number of allylic oxidation sites excluding steroid dienone is 20. The Balaban J connectivity index is 4.47. The smallest absolute Gasteiger partial charge is 0.306 e. The van der Waals surface area contributed by atoms with E-state index in [1.807, 2.05) is 0 Å². The van der Waals surface area contributed by atoms with Crippen LogP contribution < -0.4 is 0 Å². The molecule has 0 aliphatic carbocycles. The Morgan fingerprint density at radius 2 is 0.506 bits per heavy atom. The highest BCUT2D eigenvalue weighted by atomic mass is 16.6. The van der Waals surface area contributed by atoms with Gasteiger partial charge in [-0.15, -0.1) is 0 Å². The number of carbonyl (C=O) groups excluding carboxylic acids is 3. The van der Waals surface area contributed by atoms with E-state index in [4.69, 9.17) is 14.2 Å². The Morgan fingerprint density at radius 1 is 0.273 bits per heavy atom. The molecule has 0 aromatic carbocycles. The average Bonchev–Trinajstić information content (AvgIpc) is 3.43. The number of rotatable bonds is 57. The van der Waals surface area contributed by atoms with Crippen LogP contribution in [0.4, 0.5) is 0 Å². The van der Waals surface area contributed by atoms with E-state index < -0.39 is 6.10 Å². The Kier molecular flexibility index (Phi) is 60.8. The van der Waals surface area contributed by atoms with E-state index >= 15 is 0 Å². The van der Waals surface area contributed by atoms with Crippen LogP contribution in [0.2, 0.25) is 0 Å². The van der Waals surface area contributed by atoms with Gasteiger partial charge in [0.05, 0.1) is 0 Å². The summed E-state index contributed by atoms with van der Waals surface area (Å²) in [5.41, 5.74) is 0. The van der Waals surface area contributed by atoms with Crippen molar-refractivity contribution in [2.24, 2.45) is 0 Å². The van der Waals surface area contributed by atoms with Crippen LogP contribution >= 0.6 is 0 Å². The molecule has 0 rings (SSSR count). The third-order valence-electron chi connectivity index (χ3n) is 13.4. The standard InChI is InChI=1S/C71H118O6/c1-4-7-10-13-16-19-22-25-28-31-33-34-35-36-38-40-43-46-49-52-55-58-61-64-70(73)76-67-68(66-75-69(72)63-60-57-54-51-48-45-42-39-30-27-24-21-18-15-12-9-6-3)77-71(74)65-62-59-56-53-50-47-44-41-37-32-29-26-23-20-17-14-11-8-5-2/h8,11,17-18,20-22,25-27,29-31,33,35-37,41,47,50,68H,4-7,9-10,12-16,19,23-24,28,32,34,38-40,42-46,48-49,51-67H2,1-3H3/b11-8-,20-17-,21-18-,25-22-,29-26-,30-27-,33-31-,36-35-,41-37-,50-47-. The van der Waals surface area contributed by atoms with Crippen molar-refractivity contribution < 1.29 is 28.6 Å². The quantitative estimate of drug-likeness (QED) is 0.0261. The molecule has 0 radical (unpaired) electrons. The third-order valence-corrected chi connectivity index (χ3v) is 13.4. The van der Waals surface area contributed by atoms with Crippen LogP contribution in [0.25, 0.3) is 0 Å². The Hall–Kier alpha value is -4.19. The third kappa shape index (κ3) is 62.5. The van der Waals surface area contributed by atoms with Gasteiger partial charge in [-0.3, -0.25) is 14.4 Å². The minimum Gasteiger partial charge on any atom is -0.462 e. The molecule has 0 bridgehead atoms. The molecule has 1 atom stereocenters. The lowest BCUT2D eigenvalue weighted by Gasteiger charge is -2.18. The second-order valence-electron chi connectivity index (χ2n) is 20.9. The van der Waals surface area contributed by atoms with Crippen molar-refractivity contribution in [1.29, 1.82) is 0 Å². The summed E-state index contributed by atoms with van der Waals surface area (Å²) in [4.78, 5) is 38.3. The number of hydrogen-bond donors (Lipinski definition) is 0. The predicted molar refractivity (Wildman–Crippen MR) is 334 cm³/mol. The Bertz CT molecular complexity index is 1600. The summed E-state index contributed by atoms with van der Waals surface area (Å²) < 4.78 is 16.9. The predicted octanol–water partition coefficient (Wildman–Crippen LogP) is 22.0. The highest BCUT2D eigenvalue weighted by Crippen LogP contribution is 2.15. The minimum absolute atomic E-state index is 0.100. The first kappa shape index (κ1) is 72.8. The van der Waals surface area contributed by atoms with E-state index in [9.17, 15) is 14.4 Å². The van der Waals surface area contributed by atoms with Gasteiger partial charge in [0.25, 0.3) is 0 Å². The number of esters is 3. The number of unbranched alkanes of at least 4 members (excludes halogenated alkanes) is 26. The first-order valence-corrected chi connectivity index (χ1v) is 32.0. The molecule has 438 valence electrons. The largest absolute Gasteiger partial charge is 0.462 e. The minimum atomic E-state index is -0.807. The molecule has 0 saturated carbocycles. The molecule has 0 heterocycles. The molecular weight excluding hydrogens is 949 g/mol. The molecule has 0 aliphatic heterocycles. The van der Waals surface area contributed by atoms with Gasteiger partial charge in [0.15, 0.2) is 6.10 Å². The molecule has 6 nitrogen and oxygen atoms in total. The monoisotopic (exact) mass is 1070 g/mol. The molecule has 0 aliphatic rings. The maximum absolute atomic E-state index is 12.9. The molecular formula is C71H118O6. The van der Waals surface area contributed by atoms with Crippen LogP contribution in [-0.4, -0.2) is 37.2 Å².